The molecule has 0 aromatic carbocycles. The van der Waals surface area contributed by atoms with Gasteiger partial charge in [-0.15, -0.1) is 13.2 Å². The fourth-order valence-corrected chi connectivity index (χ4v) is 1.75. The number of aromatic carboxylic acids is 1. The Bertz CT molecular complexity index is 401. The maximum Gasteiger partial charge on any atom is 0.354 e. The van der Waals surface area contributed by atoms with Crippen LogP contribution in [0.15, 0.2) is 31.4 Å². The largest absolute Gasteiger partial charge is 0.477 e. The van der Waals surface area contributed by atoms with Gasteiger partial charge in [-0.1, -0.05) is 6.07 Å². The summed E-state index contributed by atoms with van der Waals surface area (Å²) < 4.78 is 0. The fraction of sp³-hybridized carbons (Fsp3) is 0.385. The number of nitrogens with zero attached hydrogens (tertiary/aromatic N) is 3. The van der Waals surface area contributed by atoms with Crippen molar-refractivity contribution in [3.8, 4) is 0 Å². The fourth-order valence-electron chi connectivity index (χ4n) is 1.75. The molecule has 1 aliphatic rings. The summed E-state index contributed by atoms with van der Waals surface area (Å²) in [5, 5.41) is 8.86. The van der Waals surface area contributed by atoms with Gasteiger partial charge in [-0.25, -0.2) is 9.78 Å². The molecule has 18 heavy (non-hydrogen) atoms. The highest BCUT2D eigenvalue weighted by atomic mass is 16.4. The van der Waals surface area contributed by atoms with Gasteiger partial charge in [0.05, 0.1) is 0 Å². The zero-order valence-electron chi connectivity index (χ0n) is 10.7. The summed E-state index contributed by atoms with van der Waals surface area (Å²) >= 11 is 0. The van der Waals surface area contributed by atoms with Crippen molar-refractivity contribution in [1.82, 2.24) is 9.88 Å². The van der Waals surface area contributed by atoms with Gasteiger partial charge < -0.3 is 14.9 Å². The molecule has 0 spiro atoms. The predicted molar refractivity (Wildman–Crippen MR) is 72.2 cm³/mol. The zero-order valence-corrected chi connectivity index (χ0v) is 10.7. The molecule has 0 saturated carbocycles. The Morgan fingerprint density at radius 1 is 1.28 bits per heavy atom. The van der Waals surface area contributed by atoms with Gasteiger partial charge in [-0.2, -0.15) is 0 Å². The van der Waals surface area contributed by atoms with E-state index in [1.54, 1.807) is 6.07 Å². The minimum absolute atomic E-state index is 0.108. The number of carboxylic acid groups (broad SMARTS) is 1. The first-order chi connectivity index (χ1) is 8.66. The van der Waals surface area contributed by atoms with Gasteiger partial charge in [0.1, 0.15) is 5.82 Å². The van der Waals surface area contributed by atoms with Crippen LogP contribution in [0.1, 0.15) is 10.5 Å². The summed E-state index contributed by atoms with van der Waals surface area (Å²) in [7, 11) is 2.08. The summed E-state index contributed by atoms with van der Waals surface area (Å²) in [4.78, 5) is 19.3. The first-order valence-corrected chi connectivity index (χ1v) is 5.80. The molecule has 2 rings (SSSR count). The van der Waals surface area contributed by atoms with Crippen LogP contribution in [0.2, 0.25) is 0 Å². The van der Waals surface area contributed by atoms with E-state index in [0.717, 1.165) is 32.0 Å². The molecule has 0 amide bonds. The lowest BCUT2D eigenvalue weighted by Gasteiger charge is -2.33. The first kappa shape index (κ1) is 14.2. The Balaban J connectivity index is 0.000000771. The van der Waals surface area contributed by atoms with Gasteiger partial charge in [0, 0.05) is 26.2 Å². The van der Waals surface area contributed by atoms with Crippen LogP contribution in [-0.4, -0.2) is 54.2 Å². The Labute approximate surface area is 107 Å². The number of aromatic nitrogens is 1. The summed E-state index contributed by atoms with van der Waals surface area (Å²) in [5.74, 6) is -0.219. The van der Waals surface area contributed by atoms with Crippen molar-refractivity contribution in [2.75, 3.05) is 38.1 Å². The smallest absolute Gasteiger partial charge is 0.354 e. The van der Waals surface area contributed by atoms with Crippen LogP contribution in [-0.2, 0) is 0 Å². The number of hydrogen-bond acceptors (Lipinski definition) is 4. The molecule has 0 unspecified atom stereocenters. The van der Waals surface area contributed by atoms with E-state index < -0.39 is 5.97 Å². The quantitative estimate of drug-likeness (QED) is 0.801. The van der Waals surface area contributed by atoms with E-state index >= 15 is 0 Å². The second-order valence-corrected chi connectivity index (χ2v) is 3.98. The number of carbonyl (C=O) groups is 1. The first-order valence-electron chi connectivity index (χ1n) is 5.80. The second kappa shape index (κ2) is 6.76. The number of carboxylic acids is 1. The molecule has 0 radical (unpaired) electrons. The average molecular weight is 249 g/mol. The number of anilines is 1. The van der Waals surface area contributed by atoms with Gasteiger partial charge in [0.2, 0.25) is 0 Å². The van der Waals surface area contributed by atoms with E-state index in [1.807, 2.05) is 6.07 Å². The Kier molecular flexibility index (Phi) is 5.32. The summed E-state index contributed by atoms with van der Waals surface area (Å²) in [6, 6.07) is 5.11. The molecule has 2 heterocycles. The van der Waals surface area contributed by atoms with Crippen LogP contribution in [0.25, 0.3) is 0 Å². The molecule has 1 aliphatic heterocycles. The third kappa shape index (κ3) is 3.56. The van der Waals surface area contributed by atoms with E-state index in [4.69, 9.17) is 5.11 Å². The number of rotatable bonds is 2. The van der Waals surface area contributed by atoms with Crippen molar-refractivity contribution in [2.24, 2.45) is 0 Å². The number of pyridine rings is 1. The highest BCUT2D eigenvalue weighted by Gasteiger charge is 2.16. The molecule has 1 aromatic heterocycles. The van der Waals surface area contributed by atoms with Crippen LogP contribution in [0, 0.1) is 0 Å². The third-order valence-corrected chi connectivity index (χ3v) is 2.78. The number of likely N-dealkylation sites (N-methyl/N-ethyl adjacent to an activating group) is 1. The highest BCUT2D eigenvalue weighted by Crippen LogP contribution is 2.13. The van der Waals surface area contributed by atoms with Crippen molar-refractivity contribution in [3.63, 3.8) is 0 Å². The van der Waals surface area contributed by atoms with E-state index in [0.29, 0.717) is 0 Å². The topological polar surface area (TPSA) is 56.7 Å². The van der Waals surface area contributed by atoms with Crippen LogP contribution < -0.4 is 4.90 Å². The van der Waals surface area contributed by atoms with Gasteiger partial charge in [0.15, 0.2) is 5.69 Å². The number of hydrogen-bond donors (Lipinski definition) is 1. The van der Waals surface area contributed by atoms with Crippen LogP contribution in [0.5, 0.6) is 0 Å². The summed E-state index contributed by atoms with van der Waals surface area (Å²) in [5.41, 5.74) is 0.108. The molecule has 1 N–H and O–H groups in total. The van der Waals surface area contributed by atoms with Crippen LogP contribution in [0.3, 0.4) is 0 Å². The predicted octanol–water partition coefficient (Wildman–Crippen LogP) is 1.33. The van der Waals surface area contributed by atoms with Crippen molar-refractivity contribution in [1.29, 1.82) is 0 Å². The van der Waals surface area contributed by atoms with Crippen molar-refractivity contribution >= 4 is 11.8 Å². The molecular weight excluding hydrogens is 230 g/mol. The minimum atomic E-state index is -0.976. The lowest BCUT2D eigenvalue weighted by Crippen LogP contribution is -2.44. The van der Waals surface area contributed by atoms with E-state index in [1.165, 1.54) is 6.07 Å². The van der Waals surface area contributed by atoms with Crippen LogP contribution in [0.4, 0.5) is 5.82 Å². The molecule has 98 valence electrons. The maximum atomic E-state index is 10.8. The summed E-state index contributed by atoms with van der Waals surface area (Å²) in [6.45, 7) is 9.76. The van der Waals surface area contributed by atoms with Crippen molar-refractivity contribution < 1.29 is 9.90 Å². The van der Waals surface area contributed by atoms with Gasteiger partial charge in [0.25, 0.3) is 0 Å². The van der Waals surface area contributed by atoms with E-state index in [9.17, 15) is 4.79 Å². The highest BCUT2D eigenvalue weighted by molar-refractivity contribution is 5.85. The van der Waals surface area contributed by atoms with Gasteiger partial charge in [-0.3, -0.25) is 0 Å². The molecule has 1 aromatic rings. The summed E-state index contributed by atoms with van der Waals surface area (Å²) in [6.07, 6.45) is 0. The van der Waals surface area contributed by atoms with Gasteiger partial charge in [-0.05, 0) is 19.2 Å². The molecule has 1 fully saturated rings. The standard InChI is InChI=1S/C11H15N3O2.C2H4/c1-13-5-7-14(8-6-13)10-4-2-3-9(12-10)11(15)16;1-2/h2-4H,5-8H2,1H3,(H,15,16);1-2H2. The number of piperazine rings is 1. The van der Waals surface area contributed by atoms with E-state index in [-0.39, 0.29) is 5.69 Å². The normalized spacial score (nSPS) is 15.7. The lowest BCUT2D eigenvalue weighted by molar-refractivity contribution is 0.0690. The second-order valence-electron chi connectivity index (χ2n) is 3.98. The molecule has 0 atom stereocenters. The average Bonchev–Trinajstić information content (AvgIpc) is 2.42. The maximum absolute atomic E-state index is 10.8. The van der Waals surface area contributed by atoms with Crippen molar-refractivity contribution in [2.45, 2.75) is 0 Å². The molecule has 0 aliphatic carbocycles. The monoisotopic (exact) mass is 249 g/mol. The zero-order chi connectivity index (χ0) is 13.5. The van der Waals surface area contributed by atoms with Crippen LogP contribution >= 0.6 is 0 Å². The molecule has 0 bridgehead atoms. The molecule has 5 nitrogen and oxygen atoms in total. The molecule has 1 saturated heterocycles. The Morgan fingerprint density at radius 3 is 2.44 bits per heavy atom. The van der Waals surface area contributed by atoms with Gasteiger partial charge >= 0.3 is 5.97 Å². The minimum Gasteiger partial charge on any atom is -0.477 e. The Morgan fingerprint density at radius 2 is 1.89 bits per heavy atom. The lowest BCUT2D eigenvalue weighted by atomic mass is 10.3. The molecular formula is C13H19N3O2. The Hall–Kier alpha value is -1.88. The van der Waals surface area contributed by atoms with Crippen molar-refractivity contribution in [3.05, 3.63) is 37.1 Å². The van der Waals surface area contributed by atoms with E-state index in [2.05, 4.69) is 35.0 Å². The molecule has 5 heteroatoms. The SMILES string of the molecule is C=C.CN1CCN(c2cccc(C(=O)O)n2)CC1. The third-order valence-electron chi connectivity index (χ3n) is 2.78.